The summed E-state index contributed by atoms with van der Waals surface area (Å²) in [6.45, 7) is 0.961. The molecule has 0 unspecified atom stereocenters. The van der Waals surface area contributed by atoms with Crippen LogP contribution in [-0.2, 0) is 16.6 Å². The molecule has 0 radical (unpaired) electrons. The molecule has 1 aliphatic heterocycles. The summed E-state index contributed by atoms with van der Waals surface area (Å²) in [6, 6.07) is 9.02. The molecule has 1 fully saturated rings. The molecule has 2 heterocycles. The number of rotatable bonds is 6. The van der Waals surface area contributed by atoms with E-state index in [1.165, 1.54) is 39.5 Å². The van der Waals surface area contributed by atoms with Gasteiger partial charge in [0.05, 0.1) is 28.8 Å². The summed E-state index contributed by atoms with van der Waals surface area (Å²) in [5.41, 5.74) is 7.20. The number of nitrogens with zero attached hydrogens (tertiary/aromatic N) is 3. The highest BCUT2D eigenvalue weighted by Crippen LogP contribution is 2.32. The van der Waals surface area contributed by atoms with E-state index >= 15 is 0 Å². The van der Waals surface area contributed by atoms with Crippen LogP contribution in [0.15, 0.2) is 59.5 Å². The standard InChI is InChI=1S/C21H22F2N4O2S.ClH/c22-16(6-7-24)13-26-14-25-21-19(11-17(23)12-20(21)26)15-4-3-5-18(10-15)30(28,29)27-8-1-2-9-27;/h3-6,10-12,14H,1-2,7-9,13,24H2;1H/b16-6-;. The number of nitrogens with two attached hydrogens (primary N) is 1. The number of hydrogen-bond acceptors (Lipinski definition) is 4. The minimum atomic E-state index is -3.60. The number of allylic oxidation sites excluding steroid dienone is 1. The predicted octanol–water partition coefficient (Wildman–Crippen LogP) is 3.86. The van der Waals surface area contributed by atoms with Crippen LogP contribution in [0, 0.1) is 5.82 Å². The van der Waals surface area contributed by atoms with E-state index in [1.54, 1.807) is 18.2 Å². The quantitative estimate of drug-likeness (QED) is 0.595. The van der Waals surface area contributed by atoms with Gasteiger partial charge in [0.15, 0.2) is 0 Å². The molecule has 0 aliphatic carbocycles. The van der Waals surface area contributed by atoms with Crippen molar-refractivity contribution >= 4 is 33.5 Å². The van der Waals surface area contributed by atoms with Crippen LogP contribution < -0.4 is 5.73 Å². The van der Waals surface area contributed by atoms with Crippen LogP contribution in [0.4, 0.5) is 8.78 Å². The lowest BCUT2D eigenvalue weighted by molar-refractivity contribution is 0.477. The lowest BCUT2D eigenvalue weighted by atomic mass is 10.0. The van der Waals surface area contributed by atoms with Gasteiger partial charge in [-0.2, -0.15) is 4.31 Å². The first kappa shape index (κ1) is 23.3. The molecule has 1 aliphatic rings. The summed E-state index contributed by atoms with van der Waals surface area (Å²) < 4.78 is 57.1. The summed E-state index contributed by atoms with van der Waals surface area (Å²) in [4.78, 5) is 4.49. The van der Waals surface area contributed by atoms with Crippen LogP contribution in [-0.4, -0.2) is 41.9 Å². The zero-order valence-electron chi connectivity index (χ0n) is 16.7. The molecule has 31 heavy (non-hydrogen) atoms. The second-order valence-electron chi connectivity index (χ2n) is 7.22. The van der Waals surface area contributed by atoms with Gasteiger partial charge in [0, 0.05) is 25.2 Å². The number of halogens is 3. The molecule has 166 valence electrons. The molecule has 3 aromatic rings. The number of fused-ring (bicyclic) bond motifs is 1. The zero-order valence-corrected chi connectivity index (χ0v) is 18.3. The van der Waals surface area contributed by atoms with Crippen molar-refractivity contribution in [1.82, 2.24) is 13.9 Å². The molecule has 2 N–H and O–H groups in total. The molecule has 0 bridgehead atoms. The predicted molar refractivity (Wildman–Crippen MR) is 119 cm³/mol. The molecular formula is C21H23ClF2N4O2S. The van der Waals surface area contributed by atoms with Gasteiger partial charge in [0.2, 0.25) is 10.0 Å². The van der Waals surface area contributed by atoms with Gasteiger partial charge in [0.1, 0.15) is 11.6 Å². The minimum absolute atomic E-state index is 0. The van der Waals surface area contributed by atoms with E-state index in [9.17, 15) is 17.2 Å². The minimum Gasteiger partial charge on any atom is -0.327 e. The van der Waals surface area contributed by atoms with Crippen LogP contribution >= 0.6 is 12.4 Å². The first-order valence-electron chi connectivity index (χ1n) is 9.70. The molecular weight excluding hydrogens is 446 g/mol. The van der Waals surface area contributed by atoms with Crippen molar-refractivity contribution in [3.05, 3.63) is 60.4 Å². The lowest BCUT2D eigenvalue weighted by Crippen LogP contribution is -2.27. The van der Waals surface area contributed by atoms with Crippen LogP contribution in [0.1, 0.15) is 12.8 Å². The number of hydrogen-bond donors (Lipinski definition) is 1. The Morgan fingerprint density at radius 2 is 1.94 bits per heavy atom. The second-order valence-corrected chi connectivity index (χ2v) is 9.16. The van der Waals surface area contributed by atoms with Gasteiger partial charge in [-0.3, -0.25) is 0 Å². The van der Waals surface area contributed by atoms with Crippen LogP contribution in [0.25, 0.3) is 22.2 Å². The van der Waals surface area contributed by atoms with Crippen molar-refractivity contribution in [2.24, 2.45) is 5.73 Å². The van der Waals surface area contributed by atoms with E-state index in [-0.39, 0.29) is 30.4 Å². The first-order valence-corrected chi connectivity index (χ1v) is 11.1. The molecule has 0 amide bonds. The third-order valence-corrected chi connectivity index (χ3v) is 7.09. The molecule has 6 nitrogen and oxygen atoms in total. The Morgan fingerprint density at radius 1 is 1.19 bits per heavy atom. The number of aromatic nitrogens is 2. The summed E-state index contributed by atoms with van der Waals surface area (Å²) in [7, 11) is -3.60. The summed E-state index contributed by atoms with van der Waals surface area (Å²) in [5.74, 6) is -0.961. The highest BCUT2D eigenvalue weighted by Gasteiger charge is 2.27. The smallest absolute Gasteiger partial charge is 0.243 e. The van der Waals surface area contributed by atoms with Gasteiger partial charge in [-0.05, 0) is 48.7 Å². The molecule has 4 rings (SSSR count). The molecule has 10 heteroatoms. The summed E-state index contributed by atoms with van der Waals surface area (Å²) in [5, 5.41) is 0. The third-order valence-electron chi connectivity index (χ3n) is 5.20. The van der Waals surface area contributed by atoms with E-state index in [0.717, 1.165) is 12.8 Å². The van der Waals surface area contributed by atoms with Gasteiger partial charge in [-0.15, -0.1) is 12.4 Å². The topological polar surface area (TPSA) is 81.2 Å². The van der Waals surface area contributed by atoms with Crippen LogP contribution in [0.5, 0.6) is 0 Å². The second kappa shape index (κ2) is 9.44. The highest BCUT2D eigenvalue weighted by molar-refractivity contribution is 7.89. The Balaban J connectivity index is 0.00000272. The molecule has 1 aromatic heterocycles. The number of benzene rings is 2. The lowest BCUT2D eigenvalue weighted by Gasteiger charge is -2.16. The summed E-state index contributed by atoms with van der Waals surface area (Å²) >= 11 is 0. The van der Waals surface area contributed by atoms with Crippen molar-refractivity contribution in [2.45, 2.75) is 24.3 Å². The Labute approximate surface area is 185 Å². The van der Waals surface area contributed by atoms with E-state index in [0.29, 0.717) is 35.2 Å². The van der Waals surface area contributed by atoms with Gasteiger partial charge in [0.25, 0.3) is 0 Å². The van der Waals surface area contributed by atoms with Crippen molar-refractivity contribution in [2.75, 3.05) is 19.6 Å². The maximum Gasteiger partial charge on any atom is 0.243 e. The van der Waals surface area contributed by atoms with E-state index in [1.807, 2.05) is 0 Å². The molecule has 2 aromatic carbocycles. The molecule has 0 saturated carbocycles. The van der Waals surface area contributed by atoms with Crippen molar-refractivity contribution in [1.29, 1.82) is 0 Å². The first-order chi connectivity index (χ1) is 14.4. The molecule has 1 saturated heterocycles. The monoisotopic (exact) mass is 468 g/mol. The SMILES string of the molecule is Cl.NC/C=C(\F)Cn1cnc2c(-c3cccc(S(=O)(=O)N4CCCC4)c3)cc(F)cc21. The zero-order chi connectivity index (χ0) is 21.3. The number of sulfonamides is 1. The highest BCUT2D eigenvalue weighted by atomic mass is 35.5. The third kappa shape index (κ3) is 4.64. The Kier molecular flexibility index (Phi) is 7.10. The van der Waals surface area contributed by atoms with E-state index in [4.69, 9.17) is 5.73 Å². The van der Waals surface area contributed by atoms with Crippen molar-refractivity contribution in [3.8, 4) is 11.1 Å². The summed E-state index contributed by atoms with van der Waals surface area (Å²) in [6.07, 6.45) is 4.37. The largest absolute Gasteiger partial charge is 0.327 e. The maximum absolute atomic E-state index is 14.4. The Hall–Kier alpha value is -2.33. The van der Waals surface area contributed by atoms with Crippen molar-refractivity contribution in [3.63, 3.8) is 0 Å². The Morgan fingerprint density at radius 3 is 2.65 bits per heavy atom. The average molecular weight is 469 g/mol. The van der Waals surface area contributed by atoms with E-state index in [2.05, 4.69) is 4.98 Å². The maximum atomic E-state index is 14.4. The van der Waals surface area contributed by atoms with E-state index < -0.39 is 21.7 Å². The Bertz CT molecular complexity index is 1220. The average Bonchev–Trinajstić information content (AvgIpc) is 3.39. The molecule has 0 atom stereocenters. The van der Waals surface area contributed by atoms with Crippen LogP contribution in [0.2, 0.25) is 0 Å². The van der Waals surface area contributed by atoms with Gasteiger partial charge in [-0.25, -0.2) is 22.2 Å². The van der Waals surface area contributed by atoms with Gasteiger partial charge < -0.3 is 10.3 Å². The normalized spacial score (nSPS) is 15.4. The van der Waals surface area contributed by atoms with Gasteiger partial charge >= 0.3 is 0 Å². The fourth-order valence-corrected chi connectivity index (χ4v) is 5.30. The number of imidazole rings is 1. The van der Waals surface area contributed by atoms with Crippen LogP contribution in [0.3, 0.4) is 0 Å². The molecule has 0 spiro atoms. The van der Waals surface area contributed by atoms with Crippen molar-refractivity contribution < 1.29 is 17.2 Å². The fraction of sp³-hybridized carbons (Fsp3) is 0.286. The fourth-order valence-electron chi connectivity index (χ4n) is 3.73. The van der Waals surface area contributed by atoms with Gasteiger partial charge in [-0.1, -0.05) is 12.1 Å².